The molecule has 158 valence electrons. The predicted octanol–water partition coefficient (Wildman–Crippen LogP) is 3.63. The number of nitrogens with zero attached hydrogens (tertiary/aromatic N) is 3. The molecule has 8 heteroatoms. The minimum atomic E-state index is -0.976. The summed E-state index contributed by atoms with van der Waals surface area (Å²) < 4.78 is 8.67. The number of aromatic nitrogens is 3. The molecule has 2 aliphatic rings. The lowest BCUT2D eigenvalue weighted by atomic mass is 10.0. The Balaban J connectivity index is 1.55. The molecule has 1 aromatic carbocycles. The van der Waals surface area contributed by atoms with Crippen LogP contribution in [0.2, 0.25) is 0 Å². The van der Waals surface area contributed by atoms with Crippen LogP contribution in [0.15, 0.2) is 24.7 Å². The van der Waals surface area contributed by atoms with Gasteiger partial charge in [-0.25, -0.2) is 9.97 Å². The molecule has 30 heavy (non-hydrogen) atoms. The van der Waals surface area contributed by atoms with E-state index in [1.54, 1.807) is 20.0 Å². The molecule has 1 aliphatic heterocycles. The number of fused-ring (bicyclic) bond motifs is 1. The number of hydrogen-bond donors (Lipinski definition) is 2. The Labute approximate surface area is 179 Å². The maximum atomic E-state index is 11.6. The summed E-state index contributed by atoms with van der Waals surface area (Å²) in [5.74, 6) is 1.02. The molecule has 1 aliphatic carbocycles. The van der Waals surface area contributed by atoms with E-state index in [0.717, 1.165) is 40.1 Å². The van der Waals surface area contributed by atoms with Crippen LogP contribution >= 0.6 is 11.3 Å². The zero-order chi connectivity index (χ0) is 21.0. The third-order valence-corrected chi connectivity index (χ3v) is 7.23. The first-order chi connectivity index (χ1) is 14.3. The second-order valence-electron chi connectivity index (χ2n) is 8.91. The third kappa shape index (κ3) is 3.58. The Bertz CT molecular complexity index is 1110. The van der Waals surface area contributed by atoms with E-state index < -0.39 is 5.60 Å². The van der Waals surface area contributed by atoms with Gasteiger partial charge in [-0.2, -0.15) is 0 Å². The van der Waals surface area contributed by atoms with Gasteiger partial charge in [-0.3, -0.25) is 4.79 Å². The molecule has 0 radical (unpaired) electrons. The third-order valence-electron chi connectivity index (χ3n) is 5.87. The zero-order valence-electron chi connectivity index (χ0n) is 17.4. The van der Waals surface area contributed by atoms with Gasteiger partial charge in [-0.15, -0.1) is 11.3 Å². The fraction of sp³-hybridized carbons (Fsp3) is 0.500. The quantitative estimate of drug-likeness (QED) is 0.628. The van der Waals surface area contributed by atoms with Crippen LogP contribution in [0.3, 0.4) is 0 Å². The van der Waals surface area contributed by atoms with Crippen molar-refractivity contribution in [1.29, 1.82) is 0 Å². The smallest absolute Gasteiger partial charge is 0.220 e. The van der Waals surface area contributed by atoms with E-state index in [1.807, 2.05) is 19.3 Å². The summed E-state index contributed by atoms with van der Waals surface area (Å²) in [5, 5.41) is 13.9. The first-order valence-corrected chi connectivity index (χ1v) is 11.2. The largest absolute Gasteiger partial charge is 0.488 e. The topological polar surface area (TPSA) is 89.3 Å². The zero-order valence-corrected chi connectivity index (χ0v) is 18.2. The van der Waals surface area contributed by atoms with E-state index >= 15 is 0 Å². The van der Waals surface area contributed by atoms with Gasteiger partial charge in [0, 0.05) is 31.1 Å². The normalized spacial score (nSPS) is 20.5. The second-order valence-corrected chi connectivity index (χ2v) is 9.94. The standard InChI is InChI=1S/C22H26N4O3S/c1-12(14-8-19(27)23-9-14)29-17-7-13(18-10-24-21(30-18)22(2,3)28)6-16-20(17)26(11-25-16)15-4-5-15/h6-7,10-12,14-15,28H,4-5,8-9H2,1-3H3,(H,23,27). The Hall–Kier alpha value is -2.45. The average molecular weight is 427 g/mol. The SMILES string of the molecule is CC(Oc1cc(-c2cnc(C(C)(C)O)s2)cc2ncn(C3CC3)c12)C1CNC(=O)C1. The van der Waals surface area contributed by atoms with Crippen LogP contribution in [0.25, 0.3) is 21.5 Å². The summed E-state index contributed by atoms with van der Waals surface area (Å²) in [7, 11) is 0. The van der Waals surface area contributed by atoms with Gasteiger partial charge < -0.3 is 19.7 Å². The fourth-order valence-corrected chi connectivity index (χ4v) is 4.85. The highest BCUT2D eigenvalue weighted by atomic mass is 32.1. The molecule has 2 aromatic heterocycles. The molecule has 2 atom stereocenters. The molecule has 0 spiro atoms. The molecule has 1 amide bonds. The summed E-state index contributed by atoms with van der Waals surface area (Å²) in [6.07, 6.45) is 6.41. The molecular formula is C22H26N4O3S. The molecule has 5 rings (SSSR count). The molecular weight excluding hydrogens is 400 g/mol. The number of ether oxygens (including phenoxy) is 1. The molecule has 2 N–H and O–H groups in total. The van der Waals surface area contributed by atoms with Gasteiger partial charge in [-0.1, -0.05) is 0 Å². The molecule has 3 heterocycles. The Morgan fingerprint density at radius 2 is 2.13 bits per heavy atom. The number of hydrogen-bond acceptors (Lipinski definition) is 6. The van der Waals surface area contributed by atoms with Gasteiger partial charge in [0.2, 0.25) is 5.91 Å². The van der Waals surface area contributed by atoms with Gasteiger partial charge >= 0.3 is 0 Å². The summed E-state index contributed by atoms with van der Waals surface area (Å²) in [5.41, 5.74) is 1.90. The van der Waals surface area contributed by atoms with E-state index in [9.17, 15) is 9.90 Å². The van der Waals surface area contributed by atoms with E-state index in [2.05, 4.69) is 25.9 Å². The summed E-state index contributed by atoms with van der Waals surface area (Å²) in [6, 6.07) is 4.60. The van der Waals surface area contributed by atoms with Crippen LogP contribution in [0.4, 0.5) is 0 Å². The van der Waals surface area contributed by atoms with Crippen molar-refractivity contribution in [2.24, 2.45) is 5.92 Å². The van der Waals surface area contributed by atoms with Crippen molar-refractivity contribution in [2.75, 3.05) is 6.54 Å². The number of amides is 1. The van der Waals surface area contributed by atoms with Crippen molar-refractivity contribution in [2.45, 2.75) is 57.8 Å². The second kappa shape index (κ2) is 7.06. The number of carbonyl (C=O) groups excluding carboxylic acids is 1. The maximum absolute atomic E-state index is 11.6. The monoisotopic (exact) mass is 426 g/mol. The number of thiazole rings is 1. The molecule has 2 unspecified atom stereocenters. The Morgan fingerprint density at radius 1 is 1.33 bits per heavy atom. The van der Waals surface area contributed by atoms with Crippen LogP contribution in [0.1, 0.15) is 51.1 Å². The van der Waals surface area contributed by atoms with Crippen LogP contribution in [-0.2, 0) is 10.4 Å². The first-order valence-electron chi connectivity index (χ1n) is 10.4. The Kier molecular flexibility index (Phi) is 4.59. The van der Waals surface area contributed by atoms with Crippen molar-refractivity contribution in [3.8, 4) is 16.2 Å². The van der Waals surface area contributed by atoms with Gasteiger partial charge in [-0.05, 0) is 51.3 Å². The van der Waals surface area contributed by atoms with Gasteiger partial charge in [0.1, 0.15) is 28.0 Å². The van der Waals surface area contributed by atoms with Crippen LogP contribution < -0.4 is 10.1 Å². The summed E-state index contributed by atoms with van der Waals surface area (Å²) >= 11 is 1.47. The van der Waals surface area contributed by atoms with Crippen LogP contribution in [-0.4, -0.2) is 38.2 Å². The number of nitrogens with one attached hydrogen (secondary N) is 1. The number of rotatable bonds is 6. The molecule has 0 bridgehead atoms. The molecule has 2 fully saturated rings. The minimum Gasteiger partial charge on any atom is -0.488 e. The van der Waals surface area contributed by atoms with E-state index in [4.69, 9.17) is 4.74 Å². The number of aliphatic hydroxyl groups is 1. The Morgan fingerprint density at radius 3 is 2.77 bits per heavy atom. The van der Waals surface area contributed by atoms with E-state index in [1.165, 1.54) is 11.3 Å². The number of benzene rings is 1. The summed E-state index contributed by atoms with van der Waals surface area (Å²) in [6.45, 7) is 6.15. The molecule has 3 aromatic rings. The van der Waals surface area contributed by atoms with Crippen LogP contribution in [0.5, 0.6) is 5.75 Å². The van der Waals surface area contributed by atoms with E-state index in [-0.39, 0.29) is 17.9 Å². The van der Waals surface area contributed by atoms with Crippen molar-refractivity contribution in [3.05, 3.63) is 29.7 Å². The maximum Gasteiger partial charge on any atom is 0.220 e. The highest BCUT2D eigenvalue weighted by Gasteiger charge is 2.31. The van der Waals surface area contributed by atoms with E-state index in [0.29, 0.717) is 24.0 Å². The lowest BCUT2D eigenvalue weighted by Gasteiger charge is -2.21. The van der Waals surface area contributed by atoms with Crippen LogP contribution in [0, 0.1) is 5.92 Å². The average Bonchev–Trinajstić information content (AvgIpc) is 3.10. The first kappa shape index (κ1) is 19.5. The summed E-state index contributed by atoms with van der Waals surface area (Å²) in [4.78, 5) is 21.7. The molecule has 1 saturated carbocycles. The lowest BCUT2D eigenvalue weighted by Crippen LogP contribution is -2.25. The van der Waals surface area contributed by atoms with Gasteiger partial charge in [0.05, 0.1) is 16.7 Å². The number of carbonyl (C=O) groups is 1. The highest BCUT2D eigenvalue weighted by Crippen LogP contribution is 2.42. The van der Waals surface area contributed by atoms with Gasteiger partial charge in [0.25, 0.3) is 0 Å². The van der Waals surface area contributed by atoms with Crippen molar-refractivity contribution < 1.29 is 14.6 Å². The fourth-order valence-electron chi connectivity index (χ4n) is 3.94. The van der Waals surface area contributed by atoms with Crippen molar-refractivity contribution in [1.82, 2.24) is 19.9 Å². The number of imidazole rings is 1. The molecule has 1 saturated heterocycles. The van der Waals surface area contributed by atoms with Crippen molar-refractivity contribution >= 4 is 28.3 Å². The predicted molar refractivity (Wildman–Crippen MR) is 116 cm³/mol. The van der Waals surface area contributed by atoms with Crippen molar-refractivity contribution in [3.63, 3.8) is 0 Å². The molecule has 7 nitrogen and oxygen atoms in total. The highest BCUT2D eigenvalue weighted by molar-refractivity contribution is 7.15. The minimum absolute atomic E-state index is 0.0844. The lowest BCUT2D eigenvalue weighted by molar-refractivity contribution is -0.119. The van der Waals surface area contributed by atoms with Gasteiger partial charge in [0.15, 0.2) is 0 Å².